The topological polar surface area (TPSA) is 67.2 Å². The lowest BCUT2D eigenvalue weighted by Gasteiger charge is -2.31. The lowest BCUT2D eigenvalue weighted by Crippen LogP contribution is -2.41. The van der Waals surface area contributed by atoms with E-state index in [1.54, 1.807) is 0 Å². The zero-order valence-electron chi connectivity index (χ0n) is 17.6. The Bertz CT molecular complexity index is 1100. The number of rotatable bonds is 4. The third kappa shape index (κ3) is 4.71. The van der Waals surface area contributed by atoms with Crippen molar-refractivity contribution in [3.63, 3.8) is 0 Å². The summed E-state index contributed by atoms with van der Waals surface area (Å²) in [5.74, 6) is -0.117. The molecule has 1 aliphatic heterocycles. The molecule has 4 rings (SSSR count). The molecule has 0 bridgehead atoms. The van der Waals surface area contributed by atoms with Crippen molar-refractivity contribution in [1.29, 1.82) is 0 Å². The van der Waals surface area contributed by atoms with Crippen LogP contribution in [0, 0.1) is 19.8 Å². The second kappa shape index (κ2) is 9.06. The molecule has 2 aromatic carbocycles. The molecule has 160 valence electrons. The Morgan fingerprint density at radius 2 is 1.71 bits per heavy atom. The van der Waals surface area contributed by atoms with Crippen LogP contribution in [0.1, 0.15) is 34.6 Å². The molecule has 0 atom stereocenters. The van der Waals surface area contributed by atoms with Crippen molar-refractivity contribution in [2.75, 3.05) is 18.4 Å². The van der Waals surface area contributed by atoms with Crippen LogP contribution in [0.3, 0.4) is 0 Å². The first-order chi connectivity index (χ1) is 14.9. The predicted molar refractivity (Wildman–Crippen MR) is 124 cm³/mol. The lowest BCUT2D eigenvalue weighted by atomic mass is 9.95. The summed E-state index contributed by atoms with van der Waals surface area (Å²) in [6.07, 6.45) is 1.30. The Morgan fingerprint density at radius 3 is 2.35 bits per heavy atom. The number of nitrogens with one attached hydrogen (secondary N) is 1. The van der Waals surface area contributed by atoms with E-state index in [0.29, 0.717) is 31.5 Å². The number of hydrogen-bond donors (Lipinski definition) is 1. The molecule has 31 heavy (non-hydrogen) atoms. The van der Waals surface area contributed by atoms with Crippen LogP contribution in [0.2, 0.25) is 0 Å². The summed E-state index contributed by atoms with van der Waals surface area (Å²) < 4.78 is 2.80. The third-order valence-corrected chi connectivity index (χ3v) is 6.17. The van der Waals surface area contributed by atoms with Gasteiger partial charge < -0.3 is 10.2 Å². The van der Waals surface area contributed by atoms with Crippen molar-refractivity contribution in [1.82, 2.24) is 14.7 Å². The Balaban J connectivity index is 1.41. The summed E-state index contributed by atoms with van der Waals surface area (Å²) in [6, 6.07) is 17.1. The second-order valence-corrected chi connectivity index (χ2v) is 8.83. The number of aromatic nitrogens is 2. The van der Waals surface area contributed by atoms with E-state index in [9.17, 15) is 9.59 Å². The number of hydrogen-bond acceptors (Lipinski definition) is 3. The number of anilines is 1. The van der Waals surface area contributed by atoms with Crippen LogP contribution in [0.4, 0.5) is 5.69 Å². The van der Waals surface area contributed by atoms with Gasteiger partial charge in [-0.25, -0.2) is 4.68 Å². The highest BCUT2D eigenvalue weighted by Crippen LogP contribution is 2.25. The Hall–Kier alpha value is -2.93. The first-order valence-corrected chi connectivity index (χ1v) is 11.2. The standard InChI is InChI=1S/C24H25BrN4O2/c1-16-15-17(2)29(27-16)22-6-4-3-5-21(22)26-23(30)18-11-13-28(14-12-18)24(31)19-7-9-20(25)10-8-19/h3-10,15,18H,11-14H2,1-2H3,(H,26,30). The number of carbonyl (C=O) groups is 2. The summed E-state index contributed by atoms with van der Waals surface area (Å²) in [5.41, 5.74) is 4.21. The average Bonchev–Trinajstić information content (AvgIpc) is 3.12. The van der Waals surface area contributed by atoms with E-state index in [1.807, 2.05) is 78.0 Å². The zero-order chi connectivity index (χ0) is 22.0. The van der Waals surface area contributed by atoms with Gasteiger partial charge in [0.25, 0.3) is 5.91 Å². The van der Waals surface area contributed by atoms with Gasteiger partial charge in [-0.15, -0.1) is 0 Å². The van der Waals surface area contributed by atoms with Gasteiger partial charge in [0.05, 0.1) is 17.1 Å². The van der Waals surface area contributed by atoms with Gasteiger partial charge in [0.2, 0.25) is 5.91 Å². The zero-order valence-corrected chi connectivity index (χ0v) is 19.2. The second-order valence-electron chi connectivity index (χ2n) is 7.92. The first kappa shape index (κ1) is 21.3. The molecule has 2 heterocycles. The summed E-state index contributed by atoms with van der Waals surface area (Å²) in [4.78, 5) is 27.5. The molecule has 1 fully saturated rings. The van der Waals surface area contributed by atoms with Crippen LogP contribution in [-0.4, -0.2) is 39.6 Å². The number of benzene rings is 2. The van der Waals surface area contributed by atoms with Gasteiger partial charge >= 0.3 is 0 Å². The minimum absolute atomic E-state index is 0.00952. The van der Waals surface area contributed by atoms with Crippen LogP contribution in [0.5, 0.6) is 0 Å². The summed E-state index contributed by atoms with van der Waals surface area (Å²) in [5, 5.41) is 7.63. The van der Waals surface area contributed by atoms with Crippen molar-refractivity contribution in [2.45, 2.75) is 26.7 Å². The highest BCUT2D eigenvalue weighted by Gasteiger charge is 2.28. The van der Waals surface area contributed by atoms with E-state index in [1.165, 1.54) is 0 Å². The molecule has 0 spiro atoms. The highest BCUT2D eigenvalue weighted by molar-refractivity contribution is 9.10. The predicted octanol–water partition coefficient (Wildman–Crippen LogP) is 4.74. The van der Waals surface area contributed by atoms with E-state index >= 15 is 0 Å². The van der Waals surface area contributed by atoms with Crippen molar-refractivity contribution in [3.05, 3.63) is 76.0 Å². The molecule has 1 aromatic heterocycles. The van der Waals surface area contributed by atoms with Gasteiger partial charge in [-0.3, -0.25) is 9.59 Å². The fraction of sp³-hybridized carbons (Fsp3) is 0.292. The van der Waals surface area contributed by atoms with Crippen molar-refractivity contribution in [3.8, 4) is 5.69 Å². The summed E-state index contributed by atoms with van der Waals surface area (Å²) in [6.45, 7) is 5.10. The maximum Gasteiger partial charge on any atom is 0.253 e. The number of halogens is 1. The van der Waals surface area contributed by atoms with Crippen LogP contribution in [0.15, 0.2) is 59.1 Å². The number of likely N-dealkylation sites (tertiary alicyclic amines) is 1. The van der Waals surface area contributed by atoms with Crippen molar-refractivity contribution in [2.24, 2.45) is 5.92 Å². The molecular weight excluding hydrogens is 456 g/mol. The monoisotopic (exact) mass is 480 g/mol. The number of para-hydroxylation sites is 2. The molecule has 1 aliphatic rings. The molecule has 1 saturated heterocycles. The molecule has 1 N–H and O–H groups in total. The Morgan fingerprint density at radius 1 is 1.03 bits per heavy atom. The first-order valence-electron chi connectivity index (χ1n) is 10.4. The maximum atomic E-state index is 13.0. The number of carbonyl (C=O) groups excluding carboxylic acids is 2. The van der Waals surface area contributed by atoms with Gasteiger partial charge in [0.1, 0.15) is 0 Å². The van der Waals surface area contributed by atoms with Gasteiger partial charge in [-0.2, -0.15) is 5.10 Å². The Labute approximate surface area is 190 Å². The molecular formula is C24H25BrN4O2. The van der Waals surface area contributed by atoms with E-state index in [-0.39, 0.29) is 17.7 Å². The number of aryl methyl sites for hydroxylation is 2. The summed E-state index contributed by atoms with van der Waals surface area (Å²) in [7, 11) is 0. The lowest BCUT2D eigenvalue weighted by molar-refractivity contribution is -0.121. The highest BCUT2D eigenvalue weighted by atomic mass is 79.9. The van der Waals surface area contributed by atoms with Gasteiger partial charge in [0.15, 0.2) is 0 Å². The molecule has 0 saturated carbocycles. The van der Waals surface area contributed by atoms with E-state index in [4.69, 9.17) is 0 Å². The number of amides is 2. The average molecular weight is 481 g/mol. The van der Waals surface area contributed by atoms with Crippen LogP contribution < -0.4 is 5.32 Å². The SMILES string of the molecule is Cc1cc(C)n(-c2ccccc2NC(=O)C2CCN(C(=O)c3ccc(Br)cc3)CC2)n1. The Kier molecular flexibility index (Phi) is 6.23. The van der Waals surface area contributed by atoms with E-state index in [0.717, 1.165) is 27.2 Å². The van der Waals surface area contributed by atoms with Gasteiger partial charge in [-0.1, -0.05) is 28.1 Å². The van der Waals surface area contributed by atoms with Crippen LogP contribution in [0.25, 0.3) is 5.69 Å². The largest absolute Gasteiger partial charge is 0.339 e. The van der Waals surface area contributed by atoms with Gasteiger partial charge in [-0.05, 0) is 69.2 Å². The van der Waals surface area contributed by atoms with Gasteiger partial charge in [0, 0.05) is 34.7 Å². The molecule has 0 aliphatic carbocycles. The van der Waals surface area contributed by atoms with Crippen molar-refractivity contribution < 1.29 is 9.59 Å². The van der Waals surface area contributed by atoms with Crippen molar-refractivity contribution >= 4 is 33.4 Å². The molecule has 2 amide bonds. The molecule has 0 radical (unpaired) electrons. The molecule has 6 nitrogen and oxygen atoms in total. The molecule has 7 heteroatoms. The maximum absolute atomic E-state index is 13.0. The minimum atomic E-state index is -0.123. The van der Waals surface area contributed by atoms with E-state index in [2.05, 4.69) is 26.3 Å². The van der Waals surface area contributed by atoms with Crippen LogP contribution >= 0.6 is 15.9 Å². The molecule has 0 unspecified atom stereocenters. The third-order valence-electron chi connectivity index (χ3n) is 5.64. The number of nitrogens with zero attached hydrogens (tertiary/aromatic N) is 3. The normalized spacial score (nSPS) is 14.5. The molecule has 3 aromatic rings. The summed E-state index contributed by atoms with van der Waals surface area (Å²) >= 11 is 3.39. The minimum Gasteiger partial charge on any atom is -0.339 e. The fourth-order valence-electron chi connectivity index (χ4n) is 3.99. The number of piperidine rings is 1. The van der Waals surface area contributed by atoms with E-state index < -0.39 is 0 Å². The quantitative estimate of drug-likeness (QED) is 0.586. The smallest absolute Gasteiger partial charge is 0.253 e. The van der Waals surface area contributed by atoms with Crippen LogP contribution in [-0.2, 0) is 4.79 Å². The fourth-order valence-corrected chi connectivity index (χ4v) is 4.26.